The minimum absolute atomic E-state index is 0.00220. The number of benzene rings is 2. The van der Waals surface area contributed by atoms with Gasteiger partial charge in [-0.3, -0.25) is 19.2 Å². The van der Waals surface area contributed by atoms with Crippen molar-refractivity contribution in [2.45, 2.75) is 19.9 Å². The first-order chi connectivity index (χ1) is 13.5. The number of amides is 1. The predicted octanol–water partition coefficient (Wildman–Crippen LogP) is 3.36. The Bertz CT molecular complexity index is 1060. The van der Waals surface area contributed by atoms with Gasteiger partial charge in [0.15, 0.2) is 0 Å². The number of nitrogens with one attached hydrogen (secondary N) is 1. The molecule has 2 aromatic rings. The zero-order valence-electron chi connectivity index (χ0n) is 16.2. The number of rotatable bonds is 7. The highest BCUT2D eigenvalue weighted by molar-refractivity contribution is 7.92. The molecule has 0 aliphatic rings. The maximum Gasteiger partial charge on any atom is 0.271 e. The van der Waals surface area contributed by atoms with Crippen LogP contribution in [-0.4, -0.2) is 38.7 Å². The van der Waals surface area contributed by atoms with E-state index in [1.165, 1.54) is 26.2 Å². The number of carbonyl (C=O) groups excluding carboxylic acids is 1. The van der Waals surface area contributed by atoms with Gasteiger partial charge in [-0.1, -0.05) is 17.7 Å². The lowest BCUT2D eigenvalue weighted by Gasteiger charge is -2.29. The predicted molar refractivity (Wildman–Crippen MR) is 111 cm³/mol. The first-order valence-corrected chi connectivity index (χ1v) is 10.6. The van der Waals surface area contributed by atoms with Crippen LogP contribution in [0.2, 0.25) is 5.02 Å². The summed E-state index contributed by atoms with van der Waals surface area (Å²) in [5, 5.41) is 13.5. The van der Waals surface area contributed by atoms with E-state index in [1.54, 1.807) is 25.1 Å². The van der Waals surface area contributed by atoms with Crippen LogP contribution in [0.25, 0.3) is 0 Å². The van der Waals surface area contributed by atoms with E-state index in [1.807, 2.05) is 0 Å². The molecule has 0 heterocycles. The quantitative estimate of drug-likeness (QED) is 0.519. The summed E-state index contributed by atoms with van der Waals surface area (Å²) in [4.78, 5) is 23.1. The van der Waals surface area contributed by atoms with E-state index >= 15 is 0 Å². The van der Waals surface area contributed by atoms with Crippen LogP contribution in [0.4, 0.5) is 17.1 Å². The van der Waals surface area contributed by atoms with Gasteiger partial charge in [-0.2, -0.15) is 0 Å². The van der Waals surface area contributed by atoms with Crippen LogP contribution >= 0.6 is 11.6 Å². The average Bonchev–Trinajstić information content (AvgIpc) is 2.62. The van der Waals surface area contributed by atoms with Gasteiger partial charge in [0.25, 0.3) is 5.69 Å². The number of nitro benzene ring substituents is 1. The number of hydrogen-bond donors (Lipinski definition) is 1. The molecule has 2 rings (SSSR count). The fraction of sp³-hybridized carbons (Fsp3) is 0.278. The van der Waals surface area contributed by atoms with Gasteiger partial charge in [-0.25, -0.2) is 8.42 Å². The number of halogens is 1. The molecule has 1 atom stereocenters. The molecule has 0 aromatic heterocycles. The van der Waals surface area contributed by atoms with Crippen molar-refractivity contribution in [2.24, 2.45) is 0 Å². The molecule has 0 spiro atoms. The molecule has 0 radical (unpaired) electrons. The number of hydrogen-bond acceptors (Lipinski definition) is 6. The Morgan fingerprint density at radius 1 is 1.28 bits per heavy atom. The van der Waals surface area contributed by atoms with E-state index in [4.69, 9.17) is 16.3 Å². The molecule has 1 N–H and O–H groups in total. The van der Waals surface area contributed by atoms with Gasteiger partial charge in [0.1, 0.15) is 11.8 Å². The minimum atomic E-state index is -3.88. The summed E-state index contributed by atoms with van der Waals surface area (Å²) < 4.78 is 31.2. The Morgan fingerprint density at radius 2 is 1.93 bits per heavy atom. The lowest BCUT2D eigenvalue weighted by Crippen LogP contribution is -2.45. The summed E-state index contributed by atoms with van der Waals surface area (Å²) in [5.41, 5.74) is 0.701. The number of nitro groups is 1. The molecule has 0 bridgehead atoms. The Balaban J connectivity index is 2.45. The van der Waals surface area contributed by atoms with Gasteiger partial charge in [0.2, 0.25) is 15.9 Å². The van der Waals surface area contributed by atoms with E-state index in [0.29, 0.717) is 0 Å². The van der Waals surface area contributed by atoms with Crippen molar-refractivity contribution in [1.29, 1.82) is 0 Å². The van der Waals surface area contributed by atoms with E-state index in [9.17, 15) is 23.3 Å². The monoisotopic (exact) mass is 441 g/mol. The number of methoxy groups -OCH3 is 1. The third-order valence-electron chi connectivity index (χ3n) is 4.08. The summed E-state index contributed by atoms with van der Waals surface area (Å²) in [5.74, 6) is -0.449. The number of ether oxygens (including phenoxy) is 1. The molecule has 156 valence electrons. The minimum Gasteiger partial charge on any atom is -0.495 e. The van der Waals surface area contributed by atoms with Gasteiger partial charge < -0.3 is 10.1 Å². The van der Waals surface area contributed by atoms with Crippen LogP contribution in [0, 0.1) is 17.0 Å². The number of aryl methyl sites for hydroxylation is 1. The first-order valence-electron chi connectivity index (χ1n) is 8.34. The average molecular weight is 442 g/mol. The number of anilines is 2. The zero-order chi connectivity index (χ0) is 21.9. The van der Waals surface area contributed by atoms with Gasteiger partial charge in [0, 0.05) is 12.1 Å². The van der Waals surface area contributed by atoms with E-state index in [0.717, 1.165) is 22.2 Å². The zero-order valence-corrected chi connectivity index (χ0v) is 17.7. The SMILES string of the molecule is COc1ccc(C)cc1N([C@@H](C)C(=O)Nc1cc([N+](=O)[O-])ccc1Cl)S(C)(=O)=O. The highest BCUT2D eigenvalue weighted by Gasteiger charge is 2.32. The summed E-state index contributed by atoms with van der Waals surface area (Å²) in [7, 11) is -2.49. The Hall–Kier alpha value is -2.85. The van der Waals surface area contributed by atoms with Crippen LogP contribution in [0.5, 0.6) is 5.75 Å². The second-order valence-electron chi connectivity index (χ2n) is 6.32. The molecule has 0 saturated heterocycles. The van der Waals surface area contributed by atoms with Gasteiger partial charge in [0.05, 0.1) is 34.7 Å². The molecule has 29 heavy (non-hydrogen) atoms. The van der Waals surface area contributed by atoms with Crippen molar-refractivity contribution in [3.05, 3.63) is 57.1 Å². The molecular formula is C18H20ClN3O6S. The van der Waals surface area contributed by atoms with Gasteiger partial charge >= 0.3 is 0 Å². The Kier molecular flexibility index (Phi) is 6.70. The van der Waals surface area contributed by atoms with E-state index < -0.39 is 26.9 Å². The number of carbonyl (C=O) groups is 1. The molecule has 0 aliphatic carbocycles. The van der Waals surface area contributed by atoms with Crippen LogP contribution in [-0.2, 0) is 14.8 Å². The van der Waals surface area contributed by atoms with Crippen molar-refractivity contribution in [3.8, 4) is 5.75 Å². The van der Waals surface area contributed by atoms with E-state index in [-0.39, 0.29) is 27.8 Å². The molecule has 0 fully saturated rings. The third kappa shape index (κ3) is 5.15. The fourth-order valence-electron chi connectivity index (χ4n) is 2.71. The second kappa shape index (κ2) is 8.66. The molecular weight excluding hydrogens is 422 g/mol. The lowest BCUT2D eigenvalue weighted by molar-refractivity contribution is -0.384. The molecule has 2 aromatic carbocycles. The molecule has 0 unspecified atom stereocenters. The van der Waals surface area contributed by atoms with Crippen molar-refractivity contribution < 1.29 is 22.9 Å². The Labute approximate surface area is 173 Å². The van der Waals surface area contributed by atoms with Crippen molar-refractivity contribution in [1.82, 2.24) is 0 Å². The van der Waals surface area contributed by atoms with Crippen molar-refractivity contribution in [3.63, 3.8) is 0 Å². The van der Waals surface area contributed by atoms with Crippen LogP contribution in [0.15, 0.2) is 36.4 Å². The standard InChI is InChI=1S/C18H20ClN3O6S/c1-11-5-8-17(28-3)16(9-11)21(29(4,26)27)12(2)18(23)20-15-10-13(22(24)25)6-7-14(15)19/h5-10,12H,1-4H3,(H,20,23)/t12-/m0/s1. The summed E-state index contributed by atoms with van der Waals surface area (Å²) in [6.45, 7) is 3.17. The maximum absolute atomic E-state index is 12.8. The molecule has 1 amide bonds. The number of sulfonamides is 1. The largest absolute Gasteiger partial charge is 0.495 e. The highest BCUT2D eigenvalue weighted by Crippen LogP contribution is 2.33. The van der Waals surface area contributed by atoms with Crippen molar-refractivity contribution in [2.75, 3.05) is 23.0 Å². The second-order valence-corrected chi connectivity index (χ2v) is 8.59. The summed E-state index contributed by atoms with van der Waals surface area (Å²) in [6.07, 6.45) is 0.971. The highest BCUT2D eigenvalue weighted by atomic mass is 35.5. The Morgan fingerprint density at radius 3 is 2.48 bits per heavy atom. The lowest BCUT2D eigenvalue weighted by atomic mass is 10.2. The summed E-state index contributed by atoms with van der Waals surface area (Å²) >= 11 is 6.02. The molecule has 0 saturated carbocycles. The molecule has 11 heteroatoms. The van der Waals surface area contributed by atoms with Crippen molar-refractivity contribution >= 4 is 44.6 Å². The smallest absolute Gasteiger partial charge is 0.271 e. The molecule has 0 aliphatic heterocycles. The van der Waals surface area contributed by atoms with Crippen LogP contribution < -0.4 is 14.4 Å². The fourth-order valence-corrected chi connectivity index (χ4v) is 4.05. The maximum atomic E-state index is 12.8. The summed E-state index contributed by atoms with van der Waals surface area (Å²) in [6, 6.07) is 7.31. The van der Waals surface area contributed by atoms with Gasteiger partial charge in [-0.15, -0.1) is 0 Å². The topological polar surface area (TPSA) is 119 Å². The number of non-ortho nitro benzene ring substituents is 1. The number of nitrogens with zero attached hydrogens (tertiary/aromatic N) is 2. The first kappa shape index (κ1) is 22.4. The third-order valence-corrected chi connectivity index (χ3v) is 5.64. The normalized spacial score (nSPS) is 12.2. The van der Waals surface area contributed by atoms with Crippen LogP contribution in [0.3, 0.4) is 0 Å². The van der Waals surface area contributed by atoms with Crippen LogP contribution in [0.1, 0.15) is 12.5 Å². The van der Waals surface area contributed by atoms with Gasteiger partial charge in [-0.05, 0) is 37.6 Å². The van der Waals surface area contributed by atoms with E-state index in [2.05, 4.69) is 5.32 Å². The molecule has 9 nitrogen and oxygen atoms in total.